The third-order valence-electron chi connectivity index (χ3n) is 2.46. The molecule has 1 aromatic carbocycles. The molecule has 4 nitrogen and oxygen atoms in total. The lowest BCUT2D eigenvalue weighted by Crippen LogP contribution is -2.46. The standard InChI is InChI=1S/C11H10ClNO3S/c12-9-4-2-1-3-8(9)5-13-10(14)6-17(16)7-11(13)15/h1-4H,5-7H2. The Balaban J connectivity index is 2.19. The maximum absolute atomic E-state index is 11.6. The van der Waals surface area contributed by atoms with Crippen molar-refractivity contribution in [1.29, 1.82) is 0 Å². The van der Waals surface area contributed by atoms with Crippen LogP contribution in [0.2, 0.25) is 5.02 Å². The average Bonchev–Trinajstić information content (AvgIpc) is 2.25. The summed E-state index contributed by atoms with van der Waals surface area (Å²) in [5.41, 5.74) is 0.712. The van der Waals surface area contributed by atoms with Gasteiger partial charge in [0.05, 0.1) is 6.54 Å². The molecule has 1 heterocycles. The number of imide groups is 1. The Labute approximate surface area is 106 Å². The minimum atomic E-state index is -1.36. The molecule has 90 valence electrons. The van der Waals surface area contributed by atoms with E-state index in [0.717, 1.165) is 4.90 Å². The van der Waals surface area contributed by atoms with E-state index < -0.39 is 22.6 Å². The third kappa shape index (κ3) is 2.73. The molecular formula is C11H10ClNO3S. The molecule has 0 N–H and O–H groups in total. The molecule has 1 aliphatic rings. The first-order valence-corrected chi connectivity index (χ1v) is 6.86. The molecule has 17 heavy (non-hydrogen) atoms. The Kier molecular flexibility index (Phi) is 3.59. The first-order chi connectivity index (χ1) is 8.08. The third-order valence-corrected chi connectivity index (χ3v) is 3.96. The van der Waals surface area contributed by atoms with E-state index in [1.807, 2.05) is 0 Å². The summed E-state index contributed by atoms with van der Waals surface area (Å²) in [7, 11) is -1.36. The highest BCUT2D eigenvalue weighted by atomic mass is 35.5. The highest BCUT2D eigenvalue weighted by Crippen LogP contribution is 2.18. The minimum absolute atomic E-state index is 0.0871. The van der Waals surface area contributed by atoms with Crippen LogP contribution in [-0.2, 0) is 26.9 Å². The second-order valence-electron chi connectivity index (χ2n) is 3.69. The summed E-state index contributed by atoms with van der Waals surface area (Å²) < 4.78 is 11.2. The van der Waals surface area contributed by atoms with E-state index in [2.05, 4.69) is 0 Å². The van der Waals surface area contributed by atoms with Crippen LogP contribution in [0, 0.1) is 0 Å². The Morgan fingerprint density at radius 3 is 2.35 bits per heavy atom. The molecule has 2 rings (SSSR count). The largest absolute Gasteiger partial charge is 0.276 e. The van der Waals surface area contributed by atoms with Gasteiger partial charge in [0, 0.05) is 15.8 Å². The summed E-state index contributed by atoms with van der Waals surface area (Å²) in [5.74, 6) is -0.981. The molecule has 1 aromatic rings. The summed E-state index contributed by atoms with van der Waals surface area (Å²) in [6, 6.07) is 7.03. The molecule has 2 amide bonds. The Morgan fingerprint density at radius 1 is 1.18 bits per heavy atom. The van der Waals surface area contributed by atoms with Gasteiger partial charge in [-0.3, -0.25) is 18.7 Å². The topological polar surface area (TPSA) is 54.5 Å². The molecule has 1 fully saturated rings. The van der Waals surface area contributed by atoms with Crippen LogP contribution in [0.3, 0.4) is 0 Å². The zero-order chi connectivity index (χ0) is 12.4. The molecule has 0 spiro atoms. The maximum atomic E-state index is 11.6. The number of amides is 2. The summed E-state index contributed by atoms with van der Waals surface area (Å²) in [6.45, 7) is 0.147. The number of benzene rings is 1. The molecule has 0 atom stereocenters. The number of carbonyl (C=O) groups excluding carboxylic acids is 2. The smallest absolute Gasteiger partial charge is 0.242 e. The van der Waals surface area contributed by atoms with Crippen LogP contribution in [-0.4, -0.2) is 32.4 Å². The van der Waals surface area contributed by atoms with Gasteiger partial charge in [-0.05, 0) is 11.6 Å². The average molecular weight is 272 g/mol. The van der Waals surface area contributed by atoms with Crippen molar-refractivity contribution < 1.29 is 13.8 Å². The first kappa shape index (κ1) is 12.3. The molecule has 0 saturated carbocycles. The summed E-state index contributed by atoms with van der Waals surface area (Å²) >= 11 is 5.96. The molecule has 0 aromatic heterocycles. The highest BCUT2D eigenvalue weighted by molar-refractivity contribution is 7.86. The number of hydrogen-bond donors (Lipinski definition) is 0. The molecule has 1 saturated heterocycles. The predicted octanol–water partition coefficient (Wildman–Crippen LogP) is 0.957. The van der Waals surface area contributed by atoms with Crippen LogP contribution >= 0.6 is 11.6 Å². The quantitative estimate of drug-likeness (QED) is 0.753. The molecule has 0 bridgehead atoms. The number of hydrogen-bond acceptors (Lipinski definition) is 3. The normalized spacial score (nSPS) is 17.6. The van der Waals surface area contributed by atoms with Gasteiger partial charge >= 0.3 is 0 Å². The Morgan fingerprint density at radius 2 is 1.76 bits per heavy atom. The van der Waals surface area contributed by atoms with Crippen molar-refractivity contribution in [1.82, 2.24) is 4.90 Å². The van der Waals surface area contributed by atoms with Gasteiger partial charge in [0.15, 0.2) is 0 Å². The molecular weight excluding hydrogens is 262 g/mol. The molecule has 0 unspecified atom stereocenters. The van der Waals surface area contributed by atoms with Gasteiger partial charge < -0.3 is 0 Å². The summed E-state index contributed by atoms with van der Waals surface area (Å²) in [5, 5.41) is 0.514. The Bertz CT molecular complexity index is 483. The van der Waals surface area contributed by atoms with Gasteiger partial charge in [0.1, 0.15) is 11.5 Å². The zero-order valence-corrected chi connectivity index (χ0v) is 10.5. The van der Waals surface area contributed by atoms with Crippen LogP contribution in [0.1, 0.15) is 5.56 Å². The molecule has 0 aliphatic carbocycles. The van der Waals surface area contributed by atoms with E-state index in [9.17, 15) is 13.8 Å². The number of nitrogens with zero attached hydrogens (tertiary/aromatic N) is 1. The van der Waals surface area contributed by atoms with Crippen molar-refractivity contribution >= 4 is 34.2 Å². The highest BCUT2D eigenvalue weighted by Gasteiger charge is 2.30. The fourth-order valence-corrected chi connectivity index (χ4v) is 2.75. The van der Waals surface area contributed by atoms with E-state index in [1.54, 1.807) is 24.3 Å². The van der Waals surface area contributed by atoms with Crippen LogP contribution in [0.4, 0.5) is 0 Å². The van der Waals surface area contributed by atoms with Gasteiger partial charge in [0.25, 0.3) is 0 Å². The van der Waals surface area contributed by atoms with Gasteiger partial charge in [0.2, 0.25) is 11.8 Å². The number of halogens is 1. The van der Waals surface area contributed by atoms with Gasteiger partial charge in [-0.1, -0.05) is 29.8 Å². The SMILES string of the molecule is O=C1CS(=O)CC(=O)N1Cc1ccccc1Cl. The van der Waals surface area contributed by atoms with Crippen LogP contribution in [0.15, 0.2) is 24.3 Å². The van der Waals surface area contributed by atoms with Crippen LogP contribution in [0.5, 0.6) is 0 Å². The molecule has 1 aliphatic heterocycles. The lowest BCUT2D eigenvalue weighted by molar-refractivity contribution is -0.142. The van der Waals surface area contributed by atoms with E-state index in [0.29, 0.717) is 10.6 Å². The summed E-state index contributed by atoms with van der Waals surface area (Å²) in [4.78, 5) is 24.3. The molecule has 0 radical (unpaired) electrons. The summed E-state index contributed by atoms with van der Waals surface area (Å²) in [6.07, 6.45) is 0. The fourth-order valence-electron chi connectivity index (χ4n) is 1.59. The van der Waals surface area contributed by atoms with Crippen molar-refractivity contribution in [3.05, 3.63) is 34.9 Å². The van der Waals surface area contributed by atoms with Crippen molar-refractivity contribution in [2.45, 2.75) is 6.54 Å². The maximum Gasteiger partial charge on any atom is 0.242 e. The van der Waals surface area contributed by atoms with Gasteiger partial charge in [-0.2, -0.15) is 0 Å². The van der Waals surface area contributed by atoms with Crippen molar-refractivity contribution in [2.75, 3.05) is 11.5 Å². The monoisotopic (exact) mass is 271 g/mol. The van der Waals surface area contributed by atoms with E-state index in [-0.39, 0.29) is 18.1 Å². The van der Waals surface area contributed by atoms with Crippen LogP contribution < -0.4 is 0 Å². The second kappa shape index (κ2) is 4.98. The van der Waals surface area contributed by atoms with Crippen molar-refractivity contribution in [3.8, 4) is 0 Å². The van der Waals surface area contributed by atoms with E-state index >= 15 is 0 Å². The zero-order valence-electron chi connectivity index (χ0n) is 8.89. The van der Waals surface area contributed by atoms with Crippen molar-refractivity contribution in [3.63, 3.8) is 0 Å². The van der Waals surface area contributed by atoms with Crippen LogP contribution in [0.25, 0.3) is 0 Å². The van der Waals surface area contributed by atoms with Gasteiger partial charge in [-0.15, -0.1) is 0 Å². The number of rotatable bonds is 2. The van der Waals surface area contributed by atoms with Crippen molar-refractivity contribution in [2.24, 2.45) is 0 Å². The second-order valence-corrected chi connectivity index (χ2v) is 5.56. The van der Waals surface area contributed by atoms with E-state index in [4.69, 9.17) is 11.6 Å². The number of carbonyl (C=O) groups is 2. The predicted molar refractivity (Wildman–Crippen MR) is 64.9 cm³/mol. The lowest BCUT2D eigenvalue weighted by atomic mass is 10.2. The Hall–Kier alpha value is -1.20. The first-order valence-electron chi connectivity index (χ1n) is 4.99. The minimum Gasteiger partial charge on any atom is -0.276 e. The molecule has 6 heteroatoms. The fraction of sp³-hybridized carbons (Fsp3) is 0.273. The lowest BCUT2D eigenvalue weighted by Gasteiger charge is -2.24. The van der Waals surface area contributed by atoms with Gasteiger partial charge in [-0.25, -0.2) is 0 Å². The van der Waals surface area contributed by atoms with E-state index in [1.165, 1.54) is 0 Å².